The summed E-state index contributed by atoms with van der Waals surface area (Å²) in [5, 5.41) is 8.54. The molecule has 0 spiro atoms. The lowest BCUT2D eigenvalue weighted by molar-refractivity contribution is 0.00371. The molecule has 0 amide bonds. The lowest BCUT2D eigenvalue weighted by Crippen LogP contribution is -2.27. The van der Waals surface area contributed by atoms with Gasteiger partial charge in [0.1, 0.15) is 0 Å². The zero-order valence-corrected chi connectivity index (χ0v) is 8.94. The Morgan fingerprint density at radius 1 is 1.40 bits per heavy atom. The van der Waals surface area contributed by atoms with Crippen LogP contribution in [0.25, 0.3) is 0 Å². The molecule has 1 aromatic rings. The van der Waals surface area contributed by atoms with Crippen LogP contribution in [0, 0.1) is 11.3 Å². The van der Waals surface area contributed by atoms with Gasteiger partial charge in [-0.1, -0.05) is 37.3 Å². The highest BCUT2D eigenvalue weighted by atomic mass is 16.6. The predicted octanol–water partition coefficient (Wildman–Crippen LogP) is 2.40. The Kier molecular flexibility index (Phi) is 5.46. The molecule has 15 heavy (non-hydrogen) atoms. The van der Waals surface area contributed by atoms with Gasteiger partial charge in [0.15, 0.2) is 0 Å². The first-order valence-corrected chi connectivity index (χ1v) is 5.15. The van der Waals surface area contributed by atoms with Crippen molar-refractivity contribution >= 4 is 0 Å². The summed E-state index contributed by atoms with van der Waals surface area (Å²) in [5.74, 6) is 0. The Bertz CT molecular complexity index is 305. The first-order valence-electron chi connectivity index (χ1n) is 5.15. The molecule has 1 atom stereocenters. The third-order valence-corrected chi connectivity index (χ3v) is 2.16. The SMILES string of the molecule is CCC(CC#N)NOCc1ccccc1. The van der Waals surface area contributed by atoms with Gasteiger partial charge in [-0.3, -0.25) is 4.84 Å². The molecule has 1 unspecified atom stereocenters. The summed E-state index contributed by atoms with van der Waals surface area (Å²) in [5.41, 5.74) is 4.02. The number of nitrogens with one attached hydrogen (secondary N) is 1. The zero-order valence-electron chi connectivity index (χ0n) is 8.94. The number of hydroxylamine groups is 1. The summed E-state index contributed by atoms with van der Waals surface area (Å²) in [6.45, 7) is 2.56. The molecule has 0 aromatic heterocycles. The van der Waals surface area contributed by atoms with Crippen LogP contribution in [0.5, 0.6) is 0 Å². The summed E-state index contributed by atoms with van der Waals surface area (Å²) in [4.78, 5) is 5.32. The second-order valence-corrected chi connectivity index (χ2v) is 3.36. The Hall–Kier alpha value is -1.37. The van der Waals surface area contributed by atoms with Gasteiger partial charge < -0.3 is 0 Å². The minimum absolute atomic E-state index is 0.124. The molecule has 0 heterocycles. The van der Waals surface area contributed by atoms with E-state index in [1.54, 1.807) is 0 Å². The van der Waals surface area contributed by atoms with Crippen molar-refractivity contribution in [3.05, 3.63) is 35.9 Å². The highest BCUT2D eigenvalue weighted by Crippen LogP contribution is 2.01. The molecule has 1 N–H and O–H groups in total. The maximum atomic E-state index is 8.54. The molecule has 0 radical (unpaired) electrons. The molecule has 0 fully saturated rings. The van der Waals surface area contributed by atoms with Crippen molar-refractivity contribution in [1.29, 1.82) is 5.26 Å². The standard InChI is InChI=1S/C12H16N2O/c1-2-12(8-9-13)14-15-10-11-6-4-3-5-7-11/h3-7,12,14H,2,8,10H2,1H3. The fraction of sp³-hybridized carbons (Fsp3) is 0.417. The Morgan fingerprint density at radius 2 is 2.13 bits per heavy atom. The van der Waals surface area contributed by atoms with Crippen LogP contribution in [0.15, 0.2) is 30.3 Å². The van der Waals surface area contributed by atoms with Crippen molar-refractivity contribution < 1.29 is 4.84 Å². The highest BCUT2D eigenvalue weighted by Gasteiger charge is 2.04. The van der Waals surface area contributed by atoms with E-state index in [2.05, 4.69) is 11.5 Å². The largest absolute Gasteiger partial charge is 0.297 e. The van der Waals surface area contributed by atoms with Gasteiger partial charge in [0.25, 0.3) is 0 Å². The van der Waals surface area contributed by atoms with Crippen LogP contribution in [-0.4, -0.2) is 6.04 Å². The highest BCUT2D eigenvalue weighted by molar-refractivity contribution is 5.13. The zero-order chi connectivity index (χ0) is 10.9. The normalized spacial score (nSPS) is 12.0. The summed E-state index contributed by atoms with van der Waals surface area (Å²) in [7, 11) is 0. The van der Waals surface area contributed by atoms with Crippen LogP contribution in [0.4, 0.5) is 0 Å². The first kappa shape index (κ1) is 11.7. The van der Waals surface area contributed by atoms with E-state index >= 15 is 0 Å². The minimum Gasteiger partial charge on any atom is -0.297 e. The number of nitrogens with zero attached hydrogens (tertiary/aromatic N) is 1. The second-order valence-electron chi connectivity index (χ2n) is 3.36. The molecular weight excluding hydrogens is 188 g/mol. The van der Waals surface area contributed by atoms with E-state index in [0.29, 0.717) is 13.0 Å². The van der Waals surface area contributed by atoms with Gasteiger partial charge in [-0.25, -0.2) is 0 Å². The predicted molar refractivity (Wildman–Crippen MR) is 58.7 cm³/mol. The summed E-state index contributed by atoms with van der Waals surface area (Å²) in [6, 6.07) is 12.2. The van der Waals surface area contributed by atoms with E-state index in [9.17, 15) is 0 Å². The van der Waals surface area contributed by atoms with E-state index in [-0.39, 0.29) is 6.04 Å². The average Bonchev–Trinajstić information content (AvgIpc) is 2.29. The molecule has 3 nitrogen and oxygen atoms in total. The van der Waals surface area contributed by atoms with Crippen LogP contribution in [0.3, 0.4) is 0 Å². The Morgan fingerprint density at radius 3 is 2.73 bits per heavy atom. The van der Waals surface area contributed by atoms with Crippen LogP contribution >= 0.6 is 0 Å². The second kappa shape index (κ2) is 6.99. The van der Waals surface area contributed by atoms with Gasteiger partial charge in [-0.05, 0) is 12.0 Å². The Labute approximate surface area is 90.6 Å². The molecule has 0 saturated heterocycles. The lowest BCUT2D eigenvalue weighted by Gasteiger charge is -2.13. The summed E-state index contributed by atoms with van der Waals surface area (Å²) in [6.07, 6.45) is 1.37. The van der Waals surface area contributed by atoms with E-state index in [1.807, 2.05) is 37.3 Å². The number of nitriles is 1. The van der Waals surface area contributed by atoms with Crippen LogP contribution in [0.2, 0.25) is 0 Å². The van der Waals surface area contributed by atoms with Crippen LogP contribution < -0.4 is 5.48 Å². The van der Waals surface area contributed by atoms with Gasteiger partial charge in [-0.2, -0.15) is 10.7 Å². The van der Waals surface area contributed by atoms with Crippen molar-refractivity contribution in [2.24, 2.45) is 0 Å². The van der Waals surface area contributed by atoms with Gasteiger partial charge in [0.2, 0.25) is 0 Å². The maximum Gasteiger partial charge on any atom is 0.0933 e. The number of hydrogen-bond acceptors (Lipinski definition) is 3. The smallest absolute Gasteiger partial charge is 0.0933 e. The fourth-order valence-electron chi connectivity index (χ4n) is 1.20. The topological polar surface area (TPSA) is 45.0 Å². The van der Waals surface area contributed by atoms with Crippen molar-refractivity contribution in [1.82, 2.24) is 5.48 Å². The molecule has 0 saturated carbocycles. The molecule has 0 aliphatic heterocycles. The molecule has 3 heteroatoms. The Balaban J connectivity index is 2.24. The number of benzene rings is 1. The molecule has 0 aliphatic carbocycles. The average molecular weight is 204 g/mol. The first-order chi connectivity index (χ1) is 7.36. The third kappa shape index (κ3) is 4.59. The molecule has 80 valence electrons. The van der Waals surface area contributed by atoms with Crippen LogP contribution in [0.1, 0.15) is 25.3 Å². The lowest BCUT2D eigenvalue weighted by atomic mass is 10.2. The summed E-state index contributed by atoms with van der Waals surface area (Å²) < 4.78 is 0. The van der Waals surface area contributed by atoms with Crippen molar-refractivity contribution in [3.63, 3.8) is 0 Å². The van der Waals surface area contributed by atoms with Gasteiger partial charge in [0, 0.05) is 6.04 Å². The molecule has 0 bridgehead atoms. The molecule has 1 rings (SSSR count). The molecular formula is C12H16N2O. The van der Waals surface area contributed by atoms with Gasteiger partial charge >= 0.3 is 0 Å². The summed E-state index contributed by atoms with van der Waals surface area (Å²) >= 11 is 0. The van der Waals surface area contributed by atoms with Crippen LogP contribution in [-0.2, 0) is 11.4 Å². The third-order valence-electron chi connectivity index (χ3n) is 2.16. The number of rotatable bonds is 6. The van der Waals surface area contributed by atoms with Crippen molar-refractivity contribution in [3.8, 4) is 6.07 Å². The van der Waals surface area contributed by atoms with Crippen molar-refractivity contribution in [2.45, 2.75) is 32.4 Å². The van der Waals surface area contributed by atoms with E-state index < -0.39 is 0 Å². The molecule has 1 aromatic carbocycles. The maximum absolute atomic E-state index is 8.54. The fourth-order valence-corrected chi connectivity index (χ4v) is 1.20. The number of hydrogen-bond donors (Lipinski definition) is 1. The molecule has 0 aliphatic rings. The van der Waals surface area contributed by atoms with Gasteiger partial charge in [-0.15, -0.1) is 0 Å². The monoisotopic (exact) mass is 204 g/mol. The van der Waals surface area contributed by atoms with Crippen molar-refractivity contribution in [2.75, 3.05) is 0 Å². The van der Waals surface area contributed by atoms with E-state index in [0.717, 1.165) is 12.0 Å². The minimum atomic E-state index is 0.124. The van der Waals surface area contributed by atoms with E-state index in [4.69, 9.17) is 10.1 Å². The quantitative estimate of drug-likeness (QED) is 0.724. The van der Waals surface area contributed by atoms with E-state index in [1.165, 1.54) is 0 Å². The van der Waals surface area contributed by atoms with Gasteiger partial charge in [0.05, 0.1) is 19.1 Å².